The molecule has 1 saturated carbocycles. The Morgan fingerprint density at radius 3 is 2.30 bits per heavy atom. The van der Waals surface area contributed by atoms with Crippen molar-refractivity contribution in [1.29, 1.82) is 0 Å². The second-order valence-corrected chi connectivity index (χ2v) is 7.39. The predicted octanol–water partition coefficient (Wildman–Crippen LogP) is 2.36. The minimum atomic E-state index is -3.39. The topological polar surface area (TPSA) is 63.4 Å². The first-order chi connectivity index (χ1) is 9.55. The van der Waals surface area contributed by atoms with E-state index in [0.29, 0.717) is 11.4 Å². The van der Waals surface area contributed by atoms with Crippen LogP contribution in [0.3, 0.4) is 0 Å². The van der Waals surface area contributed by atoms with Crippen molar-refractivity contribution < 1.29 is 8.42 Å². The van der Waals surface area contributed by atoms with Crippen molar-refractivity contribution in [3.05, 3.63) is 30.3 Å². The van der Waals surface area contributed by atoms with Gasteiger partial charge in [0.2, 0.25) is 10.0 Å². The summed E-state index contributed by atoms with van der Waals surface area (Å²) in [5.41, 5.74) is 5.92. The summed E-state index contributed by atoms with van der Waals surface area (Å²) >= 11 is 0. The maximum absolute atomic E-state index is 12.8. The molecule has 0 heterocycles. The van der Waals surface area contributed by atoms with Gasteiger partial charge in [0, 0.05) is 18.6 Å². The summed E-state index contributed by atoms with van der Waals surface area (Å²) in [4.78, 5) is 0.392. The monoisotopic (exact) mass is 296 g/mol. The van der Waals surface area contributed by atoms with E-state index in [-0.39, 0.29) is 12.1 Å². The smallest absolute Gasteiger partial charge is 0.243 e. The van der Waals surface area contributed by atoms with Gasteiger partial charge in [-0.2, -0.15) is 4.31 Å². The molecule has 112 valence electrons. The van der Waals surface area contributed by atoms with Crippen molar-refractivity contribution in [2.24, 2.45) is 5.73 Å². The number of rotatable bonds is 5. The Morgan fingerprint density at radius 1 is 1.15 bits per heavy atom. The molecule has 0 aliphatic heterocycles. The highest BCUT2D eigenvalue weighted by Gasteiger charge is 2.32. The molecule has 2 N–H and O–H groups in total. The maximum Gasteiger partial charge on any atom is 0.243 e. The SMILES string of the molecule is CCCN(C1CCC(N)CC1)S(=O)(=O)c1ccccc1. The molecule has 1 aromatic rings. The fraction of sp³-hybridized carbons (Fsp3) is 0.600. The molecule has 0 atom stereocenters. The molecule has 1 fully saturated rings. The lowest BCUT2D eigenvalue weighted by atomic mass is 9.92. The van der Waals surface area contributed by atoms with Crippen LogP contribution >= 0.6 is 0 Å². The first-order valence-electron chi connectivity index (χ1n) is 7.38. The third-order valence-electron chi connectivity index (χ3n) is 3.94. The van der Waals surface area contributed by atoms with Crippen LogP contribution < -0.4 is 5.73 Å². The summed E-state index contributed by atoms with van der Waals surface area (Å²) in [5.74, 6) is 0. The molecule has 2 rings (SSSR count). The minimum absolute atomic E-state index is 0.0972. The molecule has 0 spiro atoms. The predicted molar refractivity (Wildman–Crippen MR) is 80.9 cm³/mol. The van der Waals surface area contributed by atoms with Crippen LogP contribution in [0.1, 0.15) is 39.0 Å². The third kappa shape index (κ3) is 3.40. The van der Waals surface area contributed by atoms with Crippen LogP contribution in [0.25, 0.3) is 0 Å². The molecular formula is C15H24N2O2S. The van der Waals surface area contributed by atoms with E-state index in [9.17, 15) is 8.42 Å². The average Bonchev–Trinajstić information content (AvgIpc) is 2.47. The lowest BCUT2D eigenvalue weighted by molar-refractivity contribution is 0.240. The Bertz CT molecular complexity index is 508. The zero-order chi connectivity index (χ0) is 14.6. The molecule has 0 unspecified atom stereocenters. The third-order valence-corrected chi connectivity index (χ3v) is 5.91. The lowest BCUT2D eigenvalue weighted by Crippen LogP contribution is -2.44. The second-order valence-electron chi connectivity index (χ2n) is 5.50. The van der Waals surface area contributed by atoms with Gasteiger partial charge >= 0.3 is 0 Å². The summed E-state index contributed by atoms with van der Waals surface area (Å²) in [7, 11) is -3.39. The summed E-state index contributed by atoms with van der Waals surface area (Å²) in [6.07, 6.45) is 4.39. The highest BCUT2D eigenvalue weighted by molar-refractivity contribution is 7.89. The summed E-state index contributed by atoms with van der Waals surface area (Å²) in [6, 6.07) is 9.05. The zero-order valence-corrected chi connectivity index (χ0v) is 12.8. The number of sulfonamides is 1. The number of hydrogen-bond donors (Lipinski definition) is 1. The van der Waals surface area contributed by atoms with Gasteiger partial charge in [-0.3, -0.25) is 0 Å². The van der Waals surface area contributed by atoms with Crippen molar-refractivity contribution in [2.45, 2.75) is 56.0 Å². The largest absolute Gasteiger partial charge is 0.328 e. The minimum Gasteiger partial charge on any atom is -0.328 e. The highest BCUT2D eigenvalue weighted by atomic mass is 32.2. The summed E-state index contributed by atoms with van der Waals surface area (Å²) in [6.45, 7) is 2.60. The van der Waals surface area contributed by atoms with Crippen LogP contribution in [0.2, 0.25) is 0 Å². The number of nitrogens with zero attached hydrogens (tertiary/aromatic N) is 1. The molecule has 4 nitrogen and oxygen atoms in total. The van der Waals surface area contributed by atoms with E-state index >= 15 is 0 Å². The summed E-state index contributed by atoms with van der Waals surface area (Å²) in [5, 5.41) is 0. The molecule has 20 heavy (non-hydrogen) atoms. The molecule has 0 amide bonds. The quantitative estimate of drug-likeness (QED) is 0.907. The number of hydrogen-bond acceptors (Lipinski definition) is 3. The van der Waals surface area contributed by atoms with E-state index in [1.165, 1.54) is 0 Å². The van der Waals surface area contributed by atoms with Crippen LogP contribution in [-0.4, -0.2) is 31.4 Å². The van der Waals surface area contributed by atoms with E-state index in [1.807, 2.05) is 13.0 Å². The van der Waals surface area contributed by atoms with Gasteiger partial charge in [0.25, 0.3) is 0 Å². The Kier molecular flexibility index (Phi) is 5.18. The Balaban J connectivity index is 2.24. The molecule has 0 radical (unpaired) electrons. The molecule has 5 heteroatoms. The van der Waals surface area contributed by atoms with Crippen molar-refractivity contribution in [1.82, 2.24) is 4.31 Å². The fourth-order valence-corrected chi connectivity index (χ4v) is 4.63. The fourth-order valence-electron chi connectivity index (χ4n) is 2.84. The molecule has 1 aromatic carbocycles. The van der Waals surface area contributed by atoms with Crippen LogP contribution in [-0.2, 0) is 10.0 Å². The van der Waals surface area contributed by atoms with Gasteiger partial charge in [0.05, 0.1) is 4.90 Å². The first kappa shape index (κ1) is 15.5. The molecular weight excluding hydrogens is 272 g/mol. The van der Waals surface area contributed by atoms with Gasteiger partial charge in [-0.05, 0) is 44.2 Å². The molecule has 0 bridgehead atoms. The van der Waals surface area contributed by atoms with Gasteiger partial charge in [0.15, 0.2) is 0 Å². The average molecular weight is 296 g/mol. The van der Waals surface area contributed by atoms with Gasteiger partial charge in [0.1, 0.15) is 0 Å². The van der Waals surface area contributed by atoms with Crippen LogP contribution in [0, 0.1) is 0 Å². The van der Waals surface area contributed by atoms with Crippen molar-refractivity contribution in [3.63, 3.8) is 0 Å². The van der Waals surface area contributed by atoms with Crippen molar-refractivity contribution in [2.75, 3.05) is 6.54 Å². The highest BCUT2D eigenvalue weighted by Crippen LogP contribution is 2.27. The normalized spacial score (nSPS) is 23.9. The Hall–Kier alpha value is -0.910. The molecule has 1 aliphatic rings. The standard InChI is InChI=1S/C15H24N2O2S/c1-2-12-17(14-10-8-13(16)9-11-14)20(18,19)15-6-4-3-5-7-15/h3-7,13-14H,2,8-12,16H2,1H3. The Labute approximate surface area is 122 Å². The van der Waals surface area contributed by atoms with Crippen LogP contribution in [0.4, 0.5) is 0 Å². The summed E-state index contributed by atoms with van der Waals surface area (Å²) < 4.78 is 27.3. The van der Waals surface area contributed by atoms with E-state index in [2.05, 4.69) is 0 Å². The van der Waals surface area contributed by atoms with Gasteiger partial charge in [-0.15, -0.1) is 0 Å². The van der Waals surface area contributed by atoms with Gasteiger partial charge in [-0.1, -0.05) is 25.1 Å². The molecule has 0 saturated heterocycles. The van der Waals surface area contributed by atoms with E-state index in [0.717, 1.165) is 32.1 Å². The van der Waals surface area contributed by atoms with E-state index < -0.39 is 10.0 Å². The molecule has 0 aromatic heterocycles. The number of benzene rings is 1. The van der Waals surface area contributed by atoms with Crippen molar-refractivity contribution in [3.8, 4) is 0 Å². The van der Waals surface area contributed by atoms with Crippen LogP contribution in [0.5, 0.6) is 0 Å². The van der Waals surface area contributed by atoms with Gasteiger partial charge < -0.3 is 5.73 Å². The molecule has 1 aliphatic carbocycles. The first-order valence-corrected chi connectivity index (χ1v) is 8.82. The van der Waals surface area contributed by atoms with E-state index in [4.69, 9.17) is 5.73 Å². The van der Waals surface area contributed by atoms with Gasteiger partial charge in [-0.25, -0.2) is 8.42 Å². The zero-order valence-electron chi connectivity index (χ0n) is 12.0. The van der Waals surface area contributed by atoms with Crippen molar-refractivity contribution >= 4 is 10.0 Å². The Morgan fingerprint density at radius 2 is 1.75 bits per heavy atom. The van der Waals surface area contributed by atoms with E-state index in [1.54, 1.807) is 28.6 Å². The maximum atomic E-state index is 12.8. The van der Waals surface area contributed by atoms with Crippen LogP contribution in [0.15, 0.2) is 35.2 Å². The second kappa shape index (κ2) is 6.70. The lowest BCUT2D eigenvalue weighted by Gasteiger charge is -2.35. The number of nitrogens with two attached hydrogens (primary N) is 1.